The summed E-state index contributed by atoms with van der Waals surface area (Å²) in [6, 6.07) is 8.55. The molecule has 1 aromatic carbocycles. The molecule has 1 N–H and O–H groups in total. The van der Waals surface area contributed by atoms with E-state index in [1.807, 2.05) is 0 Å². The van der Waals surface area contributed by atoms with Crippen molar-refractivity contribution in [3.05, 3.63) is 47.8 Å². The number of ether oxygens (including phenoxy) is 1. The van der Waals surface area contributed by atoms with Crippen LogP contribution in [0.5, 0.6) is 0 Å². The number of hydrogen-bond donors (Lipinski definition) is 1. The summed E-state index contributed by atoms with van der Waals surface area (Å²) < 4.78 is 8.05. The molecule has 0 saturated heterocycles. The van der Waals surface area contributed by atoms with Crippen LogP contribution in [0.3, 0.4) is 0 Å². The molecule has 5 nitrogen and oxygen atoms in total. The molecular weight excluding hydrogens is 434 g/mol. The average molecular weight is 474 g/mol. The summed E-state index contributed by atoms with van der Waals surface area (Å²) >= 11 is 0. The average Bonchev–Trinajstić information content (AvgIpc) is 3.37. The number of hydrogen-bond acceptors (Lipinski definition) is 4. The zero-order chi connectivity index (χ0) is 24.4. The first-order valence-electron chi connectivity index (χ1n) is 13.5. The lowest BCUT2D eigenvalue weighted by atomic mass is 9.47. The van der Waals surface area contributed by atoms with Gasteiger partial charge in [0, 0.05) is 31.0 Å². The lowest BCUT2D eigenvalue weighted by molar-refractivity contribution is -0.148. The molecule has 35 heavy (non-hydrogen) atoms. The highest BCUT2D eigenvalue weighted by Crippen LogP contribution is 2.67. The number of carbonyl (C=O) groups excluding carboxylic acids is 1. The normalized spacial score (nSPS) is 36.4. The number of benzene rings is 1. The number of fused-ring (bicyclic) bond motifs is 6. The smallest absolute Gasteiger partial charge is 0.302 e. The second kappa shape index (κ2) is 8.33. The second-order valence-electron chi connectivity index (χ2n) is 12.0. The van der Waals surface area contributed by atoms with Gasteiger partial charge >= 0.3 is 5.97 Å². The monoisotopic (exact) mass is 473 g/mol. The fourth-order valence-corrected chi connectivity index (χ4v) is 8.67. The number of allylic oxidation sites excluding steroid dienone is 2. The molecule has 186 valence electrons. The Balaban J connectivity index is 1.35. The number of rotatable bonds is 4. The van der Waals surface area contributed by atoms with Crippen LogP contribution in [0, 0.1) is 28.6 Å². The Morgan fingerprint density at radius 1 is 1.14 bits per heavy atom. The van der Waals surface area contributed by atoms with Crippen molar-refractivity contribution in [2.24, 2.45) is 28.6 Å². The van der Waals surface area contributed by atoms with Gasteiger partial charge in [0.1, 0.15) is 12.4 Å². The van der Waals surface area contributed by atoms with Gasteiger partial charge in [-0.15, -0.1) is 0 Å². The molecule has 0 amide bonds. The van der Waals surface area contributed by atoms with Crippen LogP contribution in [0.1, 0.15) is 65.7 Å². The van der Waals surface area contributed by atoms with E-state index in [1.165, 1.54) is 37.4 Å². The summed E-state index contributed by atoms with van der Waals surface area (Å²) in [5.74, 6) is 1.93. The van der Waals surface area contributed by atoms with Crippen LogP contribution in [0.15, 0.2) is 47.8 Å². The molecule has 4 aliphatic rings. The molecular formula is C30H39N3O2. The molecule has 4 aliphatic carbocycles. The lowest BCUT2D eigenvalue weighted by Crippen LogP contribution is -2.50. The number of nitrogens with zero attached hydrogens (tertiary/aromatic N) is 2. The molecule has 0 bridgehead atoms. The predicted molar refractivity (Wildman–Crippen MR) is 140 cm³/mol. The van der Waals surface area contributed by atoms with Crippen LogP contribution in [-0.4, -0.2) is 35.2 Å². The topological polar surface area (TPSA) is 56.1 Å². The van der Waals surface area contributed by atoms with Crippen molar-refractivity contribution in [2.75, 3.05) is 13.6 Å². The number of para-hydroxylation sites is 2. The van der Waals surface area contributed by atoms with Crippen LogP contribution < -0.4 is 5.32 Å². The third-order valence-corrected chi connectivity index (χ3v) is 10.2. The van der Waals surface area contributed by atoms with E-state index in [0.29, 0.717) is 17.8 Å². The summed E-state index contributed by atoms with van der Waals surface area (Å²) in [5, 5.41) is 3.48. The van der Waals surface area contributed by atoms with Gasteiger partial charge < -0.3 is 14.6 Å². The Morgan fingerprint density at radius 3 is 2.74 bits per heavy atom. The lowest BCUT2D eigenvalue weighted by Gasteiger charge is -2.57. The minimum atomic E-state index is -0.144. The van der Waals surface area contributed by atoms with Gasteiger partial charge in [0.25, 0.3) is 0 Å². The van der Waals surface area contributed by atoms with Crippen molar-refractivity contribution in [1.82, 2.24) is 14.9 Å². The van der Waals surface area contributed by atoms with E-state index in [1.54, 1.807) is 11.1 Å². The zero-order valence-electron chi connectivity index (χ0n) is 21.6. The minimum Gasteiger partial charge on any atom is -0.462 e. The minimum absolute atomic E-state index is 0.0636. The van der Waals surface area contributed by atoms with E-state index in [9.17, 15) is 4.79 Å². The van der Waals surface area contributed by atoms with Crippen molar-refractivity contribution in [3.63, 3.8) is 0 Å². The molecule has 5 heteroatoms. The molecule has 0 radical (unpaired) electrons. The number of esters is 1. The second-order valence-corrected chi connectivity index (χ2v) is 12.0. The first-order valence-corrected chi connectivity index (χ1v) is 13.5. The molecule has 1 aromatic heterocycles. The number of likely N-dealkylation sites (N-methyl/N-ethyl adjacent to an activating group) is 1. The Bertz CT molecular complexity index is 1230. The molecule has 0 spiro atoms. The van der Waals surface area contributed by atoms with Gasteiger partial charge in [-0.25, -0.2) is 4.98 Å². The van der Waals surface area contributed by atoms with E-state index in [0.717, 1.165) is 37.7 Å². The molecule has 2 saturated carbocycles. The number of nitrogens with one attached hydrogen (secondary N) is 1. The van der Waals surface area contributed by atoms with E-state index in [4.69, 9.17) is 9.72 Å². The highest BCUT2D eigenvalue weighted by atomic mass is 16.5. The van der Waals surface area contributed by atoms with Crippen molar-refractivity contribution >= 4 is 22.7 Å². The molecule has 2 aromatic rings. The van der Waals surface area contributed by atoms with Gasteiger partial charge in [0.05, 0.1) is 11.0 Å². The zero-order valence-corrected chi connectivity index (χ0v) is 21.6. The van der Waals surface area contributed by atoms with Crippen molar-refractivity contribution < 1.29 is 9.53 Å². The van der Waals surface area contributed by atoms with Crippen LogP contribution in [0.2, 0.25) is 0 Å². The van der Waals surface area contributed by atoms with Crippen molar-refractivity contribution in [3.8, 4) is 0 Å². The predicted octanol–water partition coefficient (Wildman–Crippen LogP) is 5.97. The van der Waals surface area contributed by atoms with E-state index in [2.05, 4.69) is 67.4 Å². The standard InChI is InChI=1S/C30H39N3O2/c1-19(34)35-22-11-13-29(2)21(16-22)9-10-23-24(29)12-14-30(3)25(23)15-20(17-31-4)28(30)33-18-32-26-7-5-6-8-27(26)33/h5-9,18,22-25,31H,10-17H2,1-4H3/t22-,23?,24?,25?,29-,30-/m0/s1. The number of carbonyl (C=O) groups is 1. The first-order chi connectivity index (χ1) is 16.8. The third-order valence-electron chi connectivity index (χ3n) is 10.2. The fourth-order valence-electron chi connectivity index (χ4n) is 8.67. The maximum absolute atomic E-state index is 11.6. The quantitative estimate of drug-likeness (QED) is 0.439. The van der Waals surface area contributed by atoms with Crippen LogP contribution in [0.25, 0.3) is 16.7 Å². The molecule has 2 fully saturated rings. The van der Waals surface area contributed by atoms with Crippen LogP contribution in [0.4, 0.5) is 0 Å². The Labute approximate surface area is 209 Å². The molecule has 6 atom stereocenters. The summed E-state index contributed by atoms with van der Waals surface area (Å²) in [7, 11) is 2.07. The molecule has 0 aliphatic heterocycles. The first kappa shape index (κ1) is 23.0. The summed E-state index contributed by atoms with van der Waals surface area (Å²) in [5.41, 5.74) is 7.32. The summed E-state index contributed by atoms with van der Waals surface area (Å²) in [6.07, 6.45) is 12.6. The van der Waals surface area contributed by atoms with E-state index >= 15 is 0 Å². The SMILES string of the molecule is CNCC1=C(n2cnc3ccccc32)[C@@]2(C)CCC3C(CC=C4C[C@@H](OC(C)=O)CC[C@@]43C)C2C1. The van der Waals surface area contributed by atoms with Gasteiger partial charge in [-0.3, -0.25) is 4.79 Å². The fraction of sp³-hybridized carbons (Fsp3) is 0.600. The van der Waals surface area contributed by atoms with E-state index < -0.39 is 0 Å². The highest BCUT2D eigenvalue weighted by Gasteiger charge is 2.58. The van der Waals surface area contributed by atoms with Gasteiger partial charge in [-0.05, 0) is 86.4 Å². The maximum Gasteiger partial charge on any atom is 0.302 e. The Hall–Kier alpha value is -2.40. The van der Waals surface area contributed by atoms with Gasteiger partial charge in [0.2, 0.25) is 0 Å². The maximum atomic E-state index is 11.6. The largest absolute Gasteiger partial charge is 0.462 e. The number of aromatic nitrogens is 2. The van der Waals surface area contributed by atoms with Crippen molar-refractivity contribution in [2.45, 2.75) is 71.8 Å². The molecule has 6 rings (SSSR count). The van der Waals surface area contributed by atoms with Gasteiger partial charge in [-0.1, -0.05) is 37.6 Å². The number of imidazole rings is 1. The van der Waals surface area contributed by atoms with Crippen LogP contribution in [-0.2, 0) is 9.53 Å². The Kier molecular flexibility index (Phi) is 5.48. The van der Waals surface area contributed by atoms with Crippen molar-refractivity contribution in [1.29, 1.82) is 0 Å². The highest BCUT2D eigenvalue weighted by molar-refractivity contribution is 5.81. The Morgan fingerprint density at radius 2 is 1.94 bits per heavy atom. The molecule has 3 unspecified atom stereocenters. The van der Waals surface area contributed by atoms with Crippen LogP contribution >= 0.6 is 0 Å². The van der Waals surface area contributed by atoms with E-state index in [-0.39, 0.29) is 22.9 Å². The molecule has 1 heterocycles. The third kappa shape index (κ3) is 3.45. The van der Waals surface area contributed by atoms with Gasteiger partial charge in [0.15, 0.2) is 0 Å². The van der Waals surface area contributed by atoms with Gasteiger partial charge in [-0.2, -0.15) is 0 Å². The summed E-state index contributed by atoms with van der Waals surface area (Å²) in [6.45, 7) is 7.54. The summed E-state index contributed by atoms with van der Waals surface area (Å²) in [4.78, 5) is 16.3.